The molecule has 11 nitrogen and oxygen atoms in total. The minimum Gasteiger partial charge on any atom is -0.339 e. The highest BCUT2D eigenvalue weighted by Gasteiger charge is 2.24. The predicted octanol–water partition coefficient (Wildman–Crippen LogP) is 1.40. The number of carbonyl (C=O) groups excluding carboxylic acids is 2. The minimum absolute atomic E-state index is 0.0213. The Morgan fingerprint density at radius 3 is 2.55 bits per heavy atom. The first-order valence-corrected chi connectivity index (χ1v) is 11.3. The number of thioether (sulfide) groups is 1. The largest absolute Gasteiger partial charge is 0.339 e. The second-order valence-electron chi connectivity index (χ2n) is 7.58. The maximum absolute atomic E-state index is 13.1. The summed E-state index contributed by atoms with van der Waals surface area (Å²) in [5.41, 5.74) is 1.31. The molecule has 1 aliphatic heterocycles. The van der Waals surface area contributed by atoms with Crippen molar-refractivity contribution >= 4 is 29.4 Å². The van der Waals surface area contributed by atoms with Gasteiger partial charge in [0.2, 0.25) is 17.6 Å². The van der Waals surface area contributed by atoms with Crippen molar-refractivity contribution in [2.24, 2.45) is 7.05 Å². The summed E-state index contributed by atoms with van der Waals surface area (Å²) in [6.07, 6.45) is 0. The van der Waals surface area contributed by atoms with Crippen LogP contribution in [0.15, 0.2) is 34.1 Å². The van der Waals surface area contributed by atoms with Crippen LogP contribution < -0.4 is 5.32 Å². The Morgan fingerprint density at radius 1 is 1.12 bits per heavy atom. The SMILES string of the molecule is CC(=O)Nc1nonc1-c1nnc(SCC(=O)N2CCN(Cc3ccc(F)cc3)CC2)n1C. The van der Waals surface area contributed by atoms with Crippen LogP contribution in [0.4, 0.5) is 10.2 Å². The predicted molar refractivity (Wildman–Crippen MR) is 118 cm³/mol. The van der Waals surface area contributed by atoms with Gasteiger partial charge in [0, 0.05) is 46.7 Å². The number of benzene rings is 1. The van der Waals surface area contributed by atoms with Crippen LogP contribution in [0.3, 0.4) is 0 Å². The second-order valence-corrected chi connectivity index (χ2v) is 8.52. The zero-order chi connectivity index (χ0) is 23.4. The highest BCUT2D eigenvalue weighted by molar-refractivity contribution is 7.99. The normalized spacial score (nSPS) is 14.5. The molecule has 0 aliphatic carbocycles. The third kappa shape index (κ3) is 5.54. The van der Waals surface area contributed by atoms with E-state index >= 15 is 0 Å². The second kappa shape index (κ2) is 10.1. The zero-order valence-corrected chi connectivity index (χ0v) is 19.0. The van der Waals surface area contributed by atoms with Crippen molar-refractivity contribution in [1.29, 1.82) is 0 Å². The van der Waals surface area contributed by atoms with E-state index in [9.17, 15) is 14.0 Å². The van der Waals surface area contributed by atoms with Gasteiger partial charge in [-0.15, -0.1) is 10.2 Å². The van der Waals surface area contributed by atoms with E-state index in [0.29, 0.717) is 24.1 Å². The Kier molecular flexibility index (Phi) is 6.99. The van der Waals surface area contributed by atoms with Crippen molar-refractivity contribution in [3.8, 4) is 11.5 Å². The number of aromatic nitrogens is 5. The fourth-order valence-electron chi connectivity index (χ4n) is 3.45. The molecule has 4 rings (SSSR count). The molecule has 0 atom stereocenters. The van der Waals surface area contributed by atoms with Gasteiger partial charge in [-0.1, -0.05) is 23.9 Å². The van der Waals surface area contributed by atoms with Crippen molar-refractivity contribution in [2.75, 3.05) is 37.2 Å². The van der Waals surface area contributed by atoms with Gasteiger partial charge in [0.1, 0.15) is 5.82 Å². The number of carbonyl (C=O) groups is 2. The first-order chi connectivity index (χ1) is 15.9. The zero-order valence-electron chi connectivity index (χ0n) is 18.2. The molecule has 2 aromatic heterocycles. The molecule has 1 saturated heterocycles. The molecule has 1 aromatic carbocycles. The molecule has 174 valence electrons. The van der Waals surface area contributed by atoms with Crippen molar-refractivity contribution in [1.82, 2.24) is 34.9 Å². The summed E-state index contributed by atoms with van der Waals surface area (Å²) in [6.45, 7) is 4.87. The minimum atomic E-state index is -0.313. The molecular weight excluding hydrogens is 451 g/mol. The average molecular weight is 475 g/mol. The topological polar surface area (TPSA) is 122 Å². The number of piperazine rings is 1. The lowest BCUT2D eigenvalue weighted by Gasteiger charge is -2.34. The van der Waals surface area contributed by atoms with Gasteiger partial charge in [-0.3, -0.25) is 14.5 Å². The molecule has 2 amide bonds. The Bertz CT molecular complexity index is 1120. The molecule has 0 bridgehead atoms. The molecule has 0 unspecified atom stereocenters. The average Bonchev–Trinajstić information content (AvgIpc) is 3.39. The lowest BCUT2D eigenvalue weighted by molar-refractivity contribution is -0.130. The molecule has 0 radical (unpaired) electrons. The molecule has 33 heavy (non-hydrogen) atoms. The smallest absolute Gasteiger partial charge is 0.233 e. The van der Waals surface area contributed by atoms with Gasteiger partial charge in [0.25, 0.3) is 0 Å². The molecule has 0 spiro atoms. The number of anilines is 1. The highest BCUT2D eigenvalue weighted by atomic mass is 32.2. The first-order valence-electron chi connectivity index (χ1n) is 10.3. The number of hydrogen-bond acceptors (Lipinski definition) is 9. The summed E-state index contributed by atoms with van der Waals surface area (Å²) in [5.74, 6) is 0.209. The third-order valence-electron chi connectivity index (χ3n) is 5.20. The number of hydrogen-bond donors (Lipinski definition) is 1. The third-order valence-corrected chi connectivity index (χ3v) is 6.20. The fraction of sp³-hybridized carbons (Fsp3) is 0.400. The molecule has 3 heterocycles. The Morgan fingerprint density at radius 2 is 1.85 bits per heavy atom. The van der Waals surface area contributed by atoms with Gasteiger partial charge < -0.3 is 14.8 Å². The van der Waals surface area contributed by atoms with Crippen molar-refractivity contribution in [3.63, 3.8) is 0 Å². The van der Waals surface area contributed by atoms with Gasteiger partial charge >= 0.3 is 0 Å². The van der Waals surface area contributed by atoms with Crippen LogP contribution in [-0.2, 0) is 23.2 Å². The number of nitrogens with one attached hydrogen (secondary N) is 1. The van der Waals surface area contributed by atoms with Crippen LogP contribution in [0.25, 0.3) is 11.5 Å². The van der Waals surface area contributed by atoms with Crippen LogP contribution in [-0.4, -0.2) is 78.6 Å². The summed E-state index contributed by atoms with van der Waals surface area (Å²) in [7, 11) is 1.74. The van der Waals surface area contributed by atoms with E-state index in [1.54, 1.807) is 23.7 Å². The van der Waals surface area contributed by atoms with E-state index in [2.05, 4.69) is 30.7 Å². The summed E-state index contributed by atoms with van der Waals surface area (Å²) in [5, 5.41) is 18.7. The lowest BCUT2D eigenvalue weighted by atomic mass is 10.2. The first kappa shape index (κ1) is 22.9. The highest BCUT2D eigenvalue weighted by Crippen LogP contribution is 2.26. The monoisotopic (exact) mass is 474 g/mol. The van der Waals surface area contributed by atoms with E-state index in [1.165, 1.54) is 30.8 Å². The Hall–Kier alpha value is -3.32. The molecule has 1 aliphatic rings. The molecule has 1 N–H and O–H groups in total. The number of halogens is 1. The standard InChI is InChI=1S/C20H23FN8O3S/c1-13(30)22-18-17(25-32-26-18)19-23-24-20(27(19)2)33-12-16(31)29-9-7-28(8-10-29)11-14-3-5-15(21)6-4-14/h3-6H,7-12H2,1-2H3,(H,22,26,30). The maximum Gasteiger partial charge on any atom is 0.233 e. The van der Waals surface area contributed by atoms with Crippen LogP contribution in [0.5, 0.6) is 0 Å². The number of amides is 2. The molecule has 3 aromatic rings. The number of rotatable bonds is 7. The van der Waals surface area contributed by atoms with Crippen molar-refractivity contribution in [3.05, 3.63) is 35.6 Å². The number of nitrogens with zero attached hydrogens (tertiary/aromatic N) is 7. The van der Waals surface area contributed by atoms with Crippen molar-refractivity contribution < 1.29 is 18.6 Å². The maximum atomic E-state index is 13.1. The van der Waals surface area contributed by atoms with Crippen LogP contribution >= 0.6 is 11.8 Å². The van der Waals surface area contributed by atoms with Crippen LogP contribution in [0.2, 0.25) is 0 Å². The Labute approximate surface area is 193 Å². The van der Waals surface area contributed by atoms with E-state index in [-0.39, 0.29) is 34.9 Å². The molecule has 13 heteroatoms. The molecule has 0 saturated carbocycles. The van der Waals surface area contributed by atoms with E-state index in [1.807, 2.05) is 4.90 Å². The van der Waals surface area contributed by atoms with E-state index in [0.717, 1.165) is 25.2 Å². The summed E-state index contributed by atoms with van der Waals surface area (Å²) < 4.78 is 19.4. The van der Waals surface area contributed by atoms with Gasteiger partial charge in [-0.2, -0.15) is 0 Å². The van der Waals surface area contributed by atoms with E-state index < -0.39 is 0 Å². The van der Waals surface area contributed by atoms with Crippen LogP contribution in [0.1, 0.15) is 12.5 Å². The van der Waals surface area contributed by atoms with Gasteiger partial charge in [0.05, 0.1) is 5.75 Å². The van der Waals surface area contributed by atoms with Gasteiger partial charge in [0.15, 0.2) is 16.7 Å². The summed E-state index contributed by atoms with van der Waals surface area (Å²) >= 11 is 1.27. The Balaban J connectivity index is 1.29. The van der Waals surface area contributed by atoms with Crippen molar-refractivity contribution in [2.45, 2.75) is 18.6 Å². The van der Waals surface area contributed by atoms with Crippen LogP contribution in [0, 0.1) is 5.82 Å². The van der Waals surface area contributed by atoms with Gasteiger partial charge in [-0.25, -0.2) is 9.02 Å². The molecule has 1 fully saturated rings. The van der Waals surface area contributed by atoms with Gasteiger partial charge in [-0.05, 0) is 28.0 Å². The summed E-state index contributed by atoms with van der Waals surface area (Å²) in [4.78, 5) is 28.1. The van der Waals surface area contributed by atoms with E-state index in [4.69, 9.17) is 4.63 Å². The lowest BCUT2D eigenvalue weighted by Crippen LogP contribution is -2.48. The summed E-state index contributed by atoms with van der Waals surface area (Å²) in [6, 6.07) is 6.49. The quantitative estimate of drug-likeness (QED) is 0.506. The fourth-order valence-corrected chi connectivity index (χ4v) is 4.27. The molecular formula is C20H23FN8O3S.